The molecule has 174 valence electrons. The Labute approximate surface area is 196 Å². The lowest BCUT2D eigenvalue weighted by molar-refractivity contribution is -0.127. The molecule has 0 spiro atoms. The molecule has 0 radical (unpaired) electrons. The summed E-state index contributed by atoms with van der Waals surface area (Å²) in [5.41, 5.74) is 7.86. The highest BCUT2D eigenvalue weighted by atomic mass is 16.5. The predicted molar refractivity (Wildman–Crippen MR) is 130 cm³/mol. The van der Waals surface area contributed by atoms with Gasteiger partial charge in [-0.25, -0.2) is 5.10 Å². The van der Waals surface area contributed by atoms with Crippen molar-refractivity contribution in [2.45, 2.75) is 31.7 Å². The standard InChI is InChI=1S/C25H26N6O3/c1-2-20(32)30-14-6-7-17(15-30)31-23-21(24(26)27-28-25(23)33)22(29-31)16-10-12-19(13-11-16)34-18-8-4-3-5-9-18/h2-5,8-10,12,17H,1,6-7,11,13-15H2,(H2,26,27)(H,28,33)/t17-/m1/s1. The quantitative estimate of drug-likeness (QED) is 0.567. The van der Waals surface area contributed by atoms with Gasteiger partial charge in [-0.05, 0) is 49.1 Å². The minimum atomic E-state index is -0.352. The summed E-state index contributed by atoms with van der Waals surface area (Å²) in [6.07, 6.45) is 8.19. The summed E-state index contributed by atoms with van der Waals surface area (Å²) in [6.45, 7) is 4.71. The Balaban J connectivity index is 1.53. The van der Waals surface area contributed by atoms with Crippen molar-refractivity contribution in [2.75, 3.05) is 18.8 Å². The number of benzene rings is 1. The van der Waals surface area contributed by atoms with E-state index in [4.69, 9.17) is 15.6 Å². The van der Waals surface area contributed by atoms with Gasteiger partial charge in [0.2, 0.25) is 5.91 Å². The second-order valence-electron chi connectivity index (χ2n) is 8.48. The highest BCUT2D eigenvalue weighted by Crippen LogP contribution is 2.35. The fourth-order valence-electron chi connectivity index (χ4n) is 4.63. The van der Waals surface area contributed by atoms with E-state index in [0.717, 1.165) is 29.9 Å². The third-order valence-corrected chi connectivity index (χ3v) is 6.30. The maximum absolute atomic E-state index is 12.8. The number of rotatable bonds is 5. The molecule has 1 amide bonds. The van der Waals surface area contributed by atoms with Gasteiger partial charge in [0.15, 0.2) is 5.82 Å². The average molecular weight is 459 g/mol. The van der Waals surface area contributed by atoms with Gasteiger partial charge in [0.1, 0.15) is 22.7 Å². The number of nitrogens with two attached hydrogens (primary N) is 1. The first-order valence-corrected chi connectivity index (χ1v) is 11.4. The number of H-pyrrole nitrogens is 1. The third kappa shape index (κ3) is 4.00. The Kier molecular flexibility index (Phi) is 5.75. The van der Waals surface area contributed by atoms with Crippen LogP contribution in [0.2, 0.25) is 0 Å². The summed E-state index contributed by atoms with van der Waals surface area (Å²) in [5.74, 6) is 1.74. The number of amides is 1. The Morgan fingerprint density at radius 1 is 1.24 bits per heavy atom. The van der Waals surface area contributed by atoms with Crippen LogP contribution in [0.5, 0.6) is 5.75 Å². The van der Waals surface area contributed by atoms with Crippen molar-refractivity contribution in [1.29, 1.82) is 0 Å². The van der Waals surface area contributed by atoms with Crippen molar-refractivity contribution < 1.29 is 9.53 Å². The number of likely N-dealkylation sites (tertiary alicyclic amines) is 1. The van der Waals surface area contributed by atoms with Crippen LogP contribution in [0.1, 0.15) is 37.4 Å². The monoisotopic (exact) mass is 458 g/mol. The van der Waals surface area contributed by atoms with Crippen molar-refractivity contribution >= 4 is 28.2 Å². The summed E-state index contributed by atoms with van der Waals surface area (Å²) in [7, 11) is 0. The molecule has 1 aromatic carbocycles. The zero-order chi connectivity index (χ0) is 23.7. The maximum Gasteiger partial charge on any atom is 0.290 e. The van der Waals surface area contributed by atoms with Gasteiger partial charge in [-0.1, -0.05) is 30.9 Å². The molecular weight excluding hydrogens is 432 g/mol. The van der Waals surface area contributed by atoms with E-state index in [1.807, 2.05) is 42.5 Å². The van der Waals surface area contributed by atoms with E-state index >= 15 is 0 Å². The molecule has 9 heteroatoms. The second kappa shape index (κ2) is 9.01. The van der Waals surface area contributed by atoms with Crippen LogP contribution in [0.3, 0.4) is 0 Å². The molecule has 0 unspecified atom stereocenters. The van der Waals surface area contributed by atoms with E-state index in [1.165, 1.54) is 6.08 Å². The van der Waals surface area contributed by atoms with Crippen LogP contribution in [0.4, 0.5) is 5.82 Å². The molecule has 3 aromatic rings. The summed E-state index contributed by atoms with van der Waals surface area (Å²) >= 11 is 0. The normalized spacial score (nSPS) is 18.4. The summed E-state index contributed by atoms with van der Waals surface area (Å²) < 4.78 is 7.70. The molecule has 1 fully saturated rings. The summed E-state index contributed by atoms with van der Waals surface area (Å²) in [5, 5.41) is 11.9. The number of anilines is 1. The first-order chi connectivity index (χ1) is 16.5. The number of ether oxygens (including phenoxy) is 1. The summed E-state index contributed by atoms with van der Waals surface area (Å²) in [4.78, 5) is 26.8. The van der Waals surface area contributed by atoms with Crippen LogP contribution in [-0.4, -0.2) is 43.9 Å². The van der Waals surface area contributed by atoms with Gasteiger partial charge in [0, 0.05) is 19.5 Å². The largest absolute Gasteiger partial charge is 0.462 e. The highest BCUT2D eigenvalue weighted by molar-refractivity contribution is 5.97. The van der Waals surface area contributed by atoms with Gasteiger partial charge in [-0.2, -0.15) is 10.2 Å². The summed E-state index contributed by atoms with van der Waals surface area (Å²) in [6, 6.07) is 9.49. The van der Waals surface area contributed by atoms with Gasteiger partial charge in [-0.3, -0.25) is 14.3 Å². The fourth-order valence-corrected chi connectivity index (χ4v) is 4.63. The molecule has 1 aliphatic carbocycles. The van der Waals surface area contributed by atoms with E-state index in [9.17, 15) is 9.59 Å². The Hall–Kier alpha value is -4.14. The molecule has 3 N–H and O–H groups in total. The van der Waals surface area contributed by atoms with Crippen LogP contribution in [0.15, 0.2) is 65.7 Å². The number of hydrogen-bond acceptors (Lipinski definition) is 6. The topological polar surface area (TPSA) is 119 Å². The molecule has 1 saturated heterocycles. The van der Waals surface area contributed by atoms with E-state index in [0.29, 0.717) is 42.5 Å². The maximum atomic E-state index is 12.8. The molecule has 9 nitrogen and oxygen atoms in total. The third-order valence-electron chi connectivity index (χ3n) is 6.30. The number of carbonyl (C=O) groups is 1. The molecule has 2 aliphatic rings. The predicted octanol–water partition coefficient (Wildman–Crippen LogP) is 3.19. The van der Waals surface area contributed by atoms with Gasteiger partial charge in [0.05, 0.1) is 11.4 Å². The number of nitrogens with zero attached hydrogens (tertiary/aromatic N) is 4. The highest BCUT2D eigenvalue weighted by Gasteiger charge is 2.29. The lowest BCUT2D eigenvalue weighted by Gasteiger charge is -2.32. The van der Waals surface area contributed by atoms with E-state index < -0.39 is 0 Å². The average Bonchev–Trinajstić information content (AvgIpc) is 3.29. The van der Waals surface area contributed by atoms with E-state index in [-0.39, 0.29) is 23.3 Å². The van der Waals surface area contributed by atoms with Crippen molar-refractivity contribution in [3.63, 3.8) is 0 Å². The molecule has 34 heavy (non-hydrogen) atoms. The van der Waals surface area contributed by atoms with E-state index in [1.54, 1.807) is 9.58 Å². The molecule has 1 atom stereocenters. The number of nitrogens with one attached hydrogen (secondary N) is 1. The number of nitrogen functional groups attached to an aromatic ring is 1. The van der Waals surface area contributed by atoms with Crippen LogP contribution >= 0.6 is 0 Å². The minimum absolute atomic E-state index is 0.123. The van der Waals surface area contributed by atoms with Crippen LogP contribution in [-0.2, 0) is 4.79 Å². The first-order valence-electron chi connectivity index (χ1n) is 11.4. The molecule has 0 saturated carbocycles. The van der Waals surface area contributed by atoms with Crippen molar-refractivity contribution in [3.05, 3.63) is 76.9 Å². The molecule has 1 aliphatic heterocycles. The lowest BCUT2D eigenvalue weighted by atomic mass is 9.99. The SMILES string of the molecule is C=CC(=O)N1CCC[C@@H](n2nc(C3=CC=C(Oc4ccccc4)CC3)c3c(N)n[nH]c(=O)c32)C1. The Morgan fingerprint density at radius 3 is 2.79 bits per heavy atom. The smallest absolute Gasteiger partial charge is 0.290 e. The van der Waals surface area contributed by atoms with E-state index in [2.05, 4.69) is 16.8 Å². The van der Waals surface area contributed by atoms with Gasteiger partial charge in [-0.15, -0.1) is 0 Å². The van der Waals surface area contributed by atoms with Crippen LogP contribution in [0.25, 0.3) is 16.5 Å². The Morgan fingerprint density at radius 2 is 2.06 bits per heavy atom. The fraction of sp³-hybridized carbons (Fsp3) is 0.280. The number of para-hydroxylation sites is 1. The minimum Gasteiger partial charge on any atom is -0.462 e. The van der Waals surface area contributed by atoms with Gasteiger partial charge >= 0.3 is 0 Å². The number of aromatic nitrogens is 4. The number of fused-ring (bicyclic) bond motifs is 1. The number of piperidine rings is 1. The van der Waals surface area contributed by atoms with Crippen LogP contribution in [0, 0.1) is 0 Å². The zero-order valence-electron chi connectivity index (χ0n) is 18.7. The molecule has 0 bridgehead atoms. The van der Waals surface area contributed by atoms with Crippen LogP contribution < -0.4 is 16.0 Å². The second-order valence-corrected chi connectivity index (χ2v) is 8.48. The van der Waals surface area contributed by atoms with Crippen molar-refractivity contribution in [3.8, 4) is 5.75 Å². The molecule has 5 rings (SSSR count). The Bertz CT molecular complexity index is 1370. The van der Waals surface area contributed by atoms with Gasteiger partial charge < -0.3 is 15.4 Å². The molecular formula is C25H26N6O3. The van der Waals surface area contributed by atoms with Gasteiger partial charge in [0.25, 0.3) is 5.56 Å². The van der Waals surface area contributed by atoms with Crippen molar-refractivity contribution in [2.24, 2.45) is 0 Å². The van der Waals surface area contributed by atoms with Crippen molar-refractivity contribution in [1.82, 2.24) is 24.9 Å². The first kappa shape index (κ1) is 21.7. The number of allylic oxidation sites excluding steroid dienone is 4. The molecule has 2 aromatic heterocycles. The number of aromatic amines is 1. The lowest BCUT2D eigenvalue weighted by Crippen LogP contribution is -2.40. The molecule has 3 heterocycles. The zero-order valence-corrected chi connectivity index (χ0v) is 18.7. The number of hydrogen-bond donors (Lipinski definition) is 2. The number of carbonyl (C=O) groups excluding carboxylic acids is 1.